The van der Waals surface area contributed by atoms with E-state index in [1.54, 1.807) is 13.3 Å². The molecule has 7 rings (SSSR count). The zero-order valence-corrected chi connectivity index (χ0v) is 19.7. The number of anilines is 1. The lowest BCUT2D eigenvalue weighted by Gasteiger charge is -2.70. The molecule has 0 N–H and O–H groups in total. The Morgan fingerprint density at radius 3 is 2.54 bits per heavy atom. The van der Waals surface area contributed by atoms with E-state index in [4.69, 9.17) is 19.4 Å². The Hall–Kier alpha value is -3.08. The standard InChI is InChI=1S/C24H25F3N6O2/c1-13-14(2)30-20-18(29-13)19(22-10-23(11-22,12-22)24(25,26)27)31-21(32-20)33-6-7-35-16(9-33)15-4-5-28-17(8-15)34-3/h4-5,8,16H,6-7,9-12H2,1-3H3/t16-,22-,23+/m0/s1. The Bertz CT molecular complexity index is 1310. The molecule has 35 heavy (non-hydrogen) atoms. The molecule has 3 saturated carbocycles. The summed E-state index contributed by atoms with van der Waals surface area (Å²) in [5, 5.41) is 0. The molecule has 0 unspecified atom stereocenters. The molecule has 184 valence electrons. The van der Waals surface area contributed by atoms with Gasteiger partial charge in [-0.15, -0.1) is 0 Å². The number of ether oxygens (including phenoxy) is 2. The van der Waals surface area contributed by atoms with Gasteiger partial charge in [0.25, 0.3) is 0 Å². The topological polar surface area (TPSA) is 86.2 Å². The van der Waals surface area contributed by atoms with Crippen molar-refractivity contribution in [2.45, 2.75) is 50.8 Å². The predicted octanol–water partition coefficient (Wildman–Crippen LogP) is 4.00. The van der Waals surface area contributed by atoms with E-state index >= 15 is 0 Å². The minimum Gasteiger partial charge on any atom is -0.481 e. The van der Waals surface area contributed by atoms with Gasteiger partial charge in [-0.25, -0.2) is 19.9 Å². The number of halogens is 3. The first-order valence-corrected chi connectivity index (χ1v) is 11.6. The largest absolute Gasteiger partial charge is 0.481 e. The third-order valence-corrected chi connectivity index (χ3v) is 7.75. The maximum absolute atomic E-state index is 13.6. The molecule has 0 spiro atoms. The molecule has 1 atom stereocenters. The first kappa shape index (κ1) is 22.4. The van der Waals surface area contributed by atoms with E-state index in [0.717, 1.165) is 17.0 Å². The number of alkyl halides is 3. The predicted molar refractivity (Wildman–Crippen MR) is 120 cm³/mol. The summed E-state index contributed by atoms with van der Waals surface area (Å²) in [5.41, 5.74) is 1.71. The quantitative estimate of drug-likeness (QED) is 0.547. The smallest absolute Gasteiger partial charge is 0.394 e. The van der Waals surface area contributed by atoms with Gasteiger partial charge in [-0.1, -0.05) is 0 Å². The van der Waals surface area contributed by atoms with Crippen molar-refractivity contribution >= 4 is 17.1 Å². The van der Waals surface area contributed by atoms with Crippen LogP contribution in [-0.4, -0.2) is 57.9 Å². The highest BCUT2D eigenvalue weighted by atomic mass is 19.4. The van der Waals surface area contributed by atoms with Crippen LogP contribution < -0.4 is 9.64 Å². The Morgan fingerprint density at radius 1 is 1.09 bits per heavy atom. The molecule has 1 saturated heterocycles. The van der Waals surface area contributed by atoms with Gasteiger partial charge in [-0.2, -0.15) is 18.2 Å². The number of pyridine rings is 1. The highest BCUT2D eigenvalue weighted by Crippen LogP contribution is 2.78. The van der Waals surface area contributed by atoms with E-state index in [9.17, 15) is 13.2 Å². The second kappa shape index (κ2) is 7.46. The van der Waals surface area contributed by atoms with Crippen molar-refractivity contribution in [3.05, 3.63) is 41.0 Å². The van der Waals surface area contributed by atoms with Crippen LogP contribution in [0.3, 0.4) is 0 Å². The molecule has 4 heterocycles. The Labute approximate surface area is 199 Å². The summed E-state index contributed by atoms with van der Waals surface area (Å²) in [5.74, 6) is 0.945. The third kappa shape index (κ3) is 3.35. The Balaban J connectivity index is 1.37. The molecule has 3 aliphatic carbocycles. The fourth-order valence-electron chi connectivity index (χ4n) is 5.72. The molecular weight excluding hydrogens is 461 g/mol. The van der Waals surface area contributed by atoms with Gasteiger partial charge in [0.1, 0.15) is 11.6 Å². The van der Waals surface area contributed by atoms with E-state index < -0.39 is 17.0 Å². The van der Waals surface area contributed by atoms with Crippen LogP contribution in [0.2, 0.25) is 0 Å². The molecule has 0 aromatic carbocycles. The molecule has 3 aromatic rings. The van der Waals surface area contributed by atoms with Crippen LogP contribution in [-0.2, 0) is 10.2 Å². The summed E-state index contributed by atoms with van der Waals surface area (Å²) < 4.78 is 51.9. The summed E-state index contributed by atoms with van der Waals surface area (Å²) in [6.45, 7) is 5.18. The number of aryl methyl sites for hydroxylation is 2. The zero-order valence-electron chi connectivity index (χ0n) is 19.7. The highest BCUT2D eigenvalue weighted by molar-refractivity contribution is 5.77. The number of fused-ring (bicyclic) bond motifs is 1. The van der Waals surface area contributed by atoms with Crippen molar-refractivity contribution in [1.82, 2.24) is 24.9 Å². The van der Waals surface area contributed by atoms with Gasteiger partial charge < -0.3 is 14.4 Å². The number of aromatic nitrogens is 5. The number of hydrogen-bond acceptors (Lipinski definition) is 8. The second-order valence-corrected chi connectivity index (χ2v) is 9.96. The Kier molecular flexibility index (Phi) is 4.77. The van der Waals surface area contributed by atoms with Gasteiger partial charge in [0.15, 0.2) is 5.65 Å². The van der Waals surface area contributed by atoms with Crippen LogP contribution >= 0.6 is 0 Å². The van der Waals surface area contributed by atoms with Crippen molar-refractivity contribution < 1.29 is 22.6 Å². The molecule has 11 heteroatoms. The molecule has 0 amide bonds. The number of morpholine rings is 1. The van der Waals surface area contributed by atoms with Crippen LogP contribution in [0.1, 0.15) is 48.0 Å². The van der Waals surface area contributed by atoms with Crippen molar-refractivity contribution in [2.24, 2.45) is 5.41 Å². The van der Waals surface area contributed by atoms with Crippen LogP contribution in [0.5, 0.6) is 5.88 Å². The van der Waals surface area contributed by atoms with Gasteiger partial charge in [-0.05, 0) is 44.7 Å². The molecule has 4 fully saturated rings. The molecule has 0 radical (unpaired) electrons. The first-order chi connectivity index (χ1) is 16.6. The minimum atomic E-state index is -4.19. The number of methoxy groups -OCH3 is 1. The van der Waals surface area contributed by atoms with Gasteiger partial charge in [0, 0.05) is 24.2 Å². The normalized spacial score (nSPS) is 27.9. The van der Waals surface area contributed by atoms with Crippen LogP contribution in [0.4, 0.5) is 19.1 Å². The van der Waals surface area contributed by atoms with Gasteiger partial charge >= 0.3 is 6.18 Å². The zero-order chi connectivity index (χ0) is 24.6. The molecule has 3 aromatic heterocycles. The molecule has 1 aliphatic heterocycles. The second-order valence-electron chi connectivity index (χ2n) is 9.96. The van der Waals surface area contributed by atoms with E-state index in [0.29, 0.717) is 48.4 Å². The molecule has 8 nitrogen and oxygen atoms in total. The summed E-state index contributed by atoms with van der Waals surface area (Å²) in [4.78, 5) is 25.0. The maximum atomic E-state index is 13.6. The van der Waals surface area contributed by atoms with Gasteiger partial charge in [0.2, 0.25) is 11.8 Å². The van der Waals surface area contributed by atoms with Crippen molar-refractivity contribution in [2.75, 3.05) is 31.7 Å². The van der Waals surface area contributed by atoms with E-state index in [2.05, 4.69) is 15.0 Å². The number of rotatable bonds is 4. The average Bonchev–Trinajstić information content (AvgIpc) is 2.77. The highest BCUT2D eigenvalue weighted by Gasteiger charge is 2.79. The molecular formula is C24H25F3N6O2. The number of nitrogens with zero attached hydrogens (tertiary/aromatic N) is 6. The monoisotopic (exact) mass is 486 g/mol. The van der Waals surface area contributed by atoms with Gasteiger partial charge in [0.05, 0.1) is 42.8 Å². The Morgan fingerprint density at radius 2 is 1.83 bits per heavy atom. The average molecular weight is 486 g/mol. The maximum Gasteiger partial charge on any atom is 0.394 e. The fraction of sp³-hybridized carbons (Fsp3) is 0.542. The van der Waals surface area contributed by atoms with Crippen LogP contribution in [0.15, 0.2) is 18.3 Å². The summed E-state index contributed by atoms with van der Waals surface area (Å²) in [6.07, 6.45) is -2.63. The van der Waals surface area contributed by atoms with E-state index in [1.807, 2.05) is 30.9 Å². The van der Waals surface area contributed by atoms with Crippen LogP contribution in [0.25, 0.3) is 11.2 Å². The third-order valence-electron chi connectivity index (χ3n) is 7.75. The molecule has 2 bridgehead atoms. The van der Waals surface area contributed by atoms with Crippen molar-refractivity contribution in [3.8, 4) is 5.88 Å². The first-order valence-electron chi connectivity index (χ1n) is 11.6. The SMILES string of the molecule is COc1cc([C@@H]2CN(c3nc4nc(C)c(C)nc4c([C@]45C[C@](C(F)(F)F)(C4)C5)n3)CCO2)ccn1. The lowest BCUT2D eigenvalue weighted by molar-refractivity contribution is -0.337. The lowest BCUT2D eigenvalue weighted by Crippen LogP contribution is -2.70. The summed E-state index contributed by atoms with van der Waals surface area (Å²) in [6, 6.07) is 3.70. The summed E-state index contributed by atoms with van der Waals surface area (Å²) >= 11 is 0. The minimum absolute atomic E-state index is 0.0478. The molecule has 4 aliphatic rings. The van der Waals surface area contributed by atoms with Crippen molar-refractivity contribution in [3.63, 3.8) is 0 Å². The van der Waals surface area contributed by atoms with Crippen LogP contribution in [0, 0.1) is 19.3 Å². The number of hydrogen-bond donors (Lipinski definition) is 0. The van der Waals surface area contributed by atoms with Crippen molar-refractivity contribution in [1.29, 1.82) is 0 Å². The fourth-order valence-corrected chi connectivity index (χ4v) is 5.72. The summed E-state index contributed by atoms with van der Waals surface area (Å²) in [7, 11) is 1.56. The van der Waals surface area contributed by atoms with E-state index in [1.165, 1.54) is 0 Å². The van der Waals surface area contributed by atoms with E-state index in [-0.39, 0.29) is 25.4 Å². The lowest BCUT2D eigenvalue weighted by atomic mass is 9.34. The van der Waals surface area contributed by atoms with Gasteiger partial charge in [-0.3, -0.25) is 0 Å².